The highest BCUT2D eigenvalue weighted by Crippen LogP contribution is 2.21. The molecule has 2 nitrogen and oxygen atoms in total. The van der Waals surface area contributed by atoms with E-state index in [1.54, 1.807) is 0 Å². The first-order valence-corrected chi connectivity index (χ1v) is 6.24. The summed E-state index contributed by atoms with van der Waals surface area (Å²) in [7, 11) is 0. The van der Waals surface area contributed by atoms with Crippen molar-refractivity contribution in [3.05, 3.63) is 35.4 Å². The first-order valence-electron chi connectivity index (χ1n) is 6.24. The third-order valence-electron chi connectivity index (χ3n) is 3.28. The van der Waals surface area contributed by atoms with Gasteiger partial charge < -0.3 is 10.4 Å². The van der Waals surface area contributed by atoms with E-state index in [9.17, 15) is 0 Å². The van der Waals surface area contributed by atoms with E-state index in [0.29, 0.717) is 6.04 Å². The standard InChI is InChI=1S/C14H21NO/c1-11(16)5-4-8-15-14-9-12-6-2-3-7-13(12)10-14/h2-3,6-7,11,14-16H,4-5,8-10H2,1H3. The van der Waals surface area contributed by atoms with E-state index in [1.807, 2.05) is 6.92 Å². The van der Waals surface area contributed by atoms with Gasteiger partial charge in [0.05, 0.1) is 6.10 Å². The van der Waals surface area contributed by atoms with E-state index in [4.69, 9.17) is 5.11 Å². The molecule has 2 heteroatoms. The lowest BCUT2D eigenvalue weighted by Gasteiger charge is -2.12. The van der Waals surface area contributed by atoms with Crippen LogP contribution in [0.15, 0.2) is 24.3 Å². The Morgan fingerprint density at radius 1 is 1.31 bits per heavy atom. The molecule has 1 aromatic rings. The molecule has 1 aliphatic carbocycles. The Labute approximate surface area is 97.7 Å². The fourth-order valence-corrected chi connectivity index (χ4v) is 2.41. The smallest absolute Gasteiger partial charge is 0.0512 e. The Morgan fingerprint density at radius 2 is 1.94 bits per heavy atom. The zero-order chi connectivity index (χ0) is 11.4. The van der Waals surface area contributed by atoms with Crippen molar-refractivity contribution in [1.29, 1.82) is 0 Å². The molecule has 0 aromatic heterocycles. The quantitative estimate of drug-likeness (QED) is 0.741. The van der Waals surface area contributed by atoms with Gasteiger partial charge in [-0.25, -0.2) is 0 Å². The normalized spacial score (nSPS) is 17.4. The molecule has 0 saturated carbocycles. The Hall–Kier alpha value is -0.860. The molecule has 0 radical (unpaired) electrons. The monoisotopic (exact) mass is 219 g/mol. The molecule has 0 fully saturated rings. The summed E-state index contributed by atoms with van der Waals surface area (Å²) in [5, 5.41) is 12.7. The van der Waals surface area contributed by atoms with Gasteiger partial charge in [0.15, 0.2) is 0 Å². The summed E-state index contributed by atoms with van der Waals surface area (Å²) < 4.78 is 0. The zero-order valence-electron chi connectivity index (χ0n) is 9.95. The van der Waals surface area contributed by atoms with Crippen molar-refractivity contribution in [2.75, 3.05) is 6.54 Å². The molecule has 0 amide bonds. The maximum atomic E-state index is 9.16. The molecule has 2 N–H and O–H groups in total. The first kappa shape index (κ1) is 11.6. The Balaban J connectivity index is 1.71. The van der Waals surface area contributed by atoms with Crippen molar-refractivity contribution in [2.24, 2.45) is 0 Å². The van der Waals surface area contributed by atoms with E-state index in [1.165, 1.54) is 11.1 Å². The molecule has 0 spiro atoms. The van der Waals surface area contributed by atoms with E-state index in [0.717, 1.165) is 32.2 Å². The lowest BCUT2D eigenvalue weighted by atomic mass is 10.1. The second-order valence-corrected chi connectivity index (χ2v) is 4.82. The second kappa shape index (κ2) is 5.46. The van der Waals surface area contributed by atoms with E-state index in [2.05, 4.69) is 29.6 Å². The Kier molecular flexibility index (Phi) is 3.97. The van der Waals surface area contributed by atoms with E-state index < -0.39 is 0 Å². The van der Waals surface area contributed by atoms with Gasteiger partial charge >= 0.3 is 0 Å². The minimum Gasteiger partial charge on any atom is -0.393 e. The average molecular weight is 219 g/mol. The van der Waals surface area contributed by atoms with Crippen LogP contribution in [0.1, 0.15) is 30.9 Å². The predicted molar refractivity (Wildman–Crippen MR) is 66.6 cm³/mol. The highest BCUT2D eigenvalue weighted by Gasteiger charge is 2.19. The molecule has 1 aliphatic rings. The topological polar surface area (TPSA) is 32.3 Å². The van der Waals surface area contributed by atoms with Crippen LogP contribution in [0.25, 0.3) is 0 Å². The summed E-state index contributed by atoms with van der Waals surface area (Å²) in [6.45, 7) is 2.87. The summed E-state index contributed by atoms with van der Waals surface area (Å²) in [6, 6.07) is 9.30. The molecule has 88 valence electrons. The maximum Gasteiger partial charge on any atom is 0.0512 e. The third-order valence-corrected chi connectivity index (χ3v) is 3.28. The maximum absolute atomic E-state index is 9.16. The second-order valence-electron chi connectivity index (χ2n) is 4.82. The van der Waals surface area contributed by atoms with Gasteiger partial charge in [-0.05, 0) is 50.3 Å². The minimum atomic E-state index is -0.164. The Bertz CT molecular complexity index is 310. The summed E-state index contributed by atoms with van der Waals surface area (Å²) >= 11 is 0. The van der Waals surface area contributed by atoms with Gasteiger partial charge in [-0.2, -0.15) is 0 Å². The minimum absolute atomic E-state index is 0.164. The molecule has 16 heavy (non-hydrogen) atoms. The van der Waals surface area contributed by atoms with Gasteiger partial charge in [-0.3, -0.25) is 0 Å². The number of nitrogens with one attached hydrogen (secondary N) is 1. The van der Waals surface area contributed by atoms with E-state index >= 15 is 0 Å². The van der Waals surface area contributed by atoms with E-state index in [-0.39, 0.29) is 6.10 Å². The van der Waals surface area contributed by atoms with Crippen molar-refractivity contribution >= 4 is 0 Å². The summed E-state index contributed by atoms with van der Waals surface area (Å²) in [6.07, 6.45) is 4.11. The number of fused-ring (bicyclic) bond motifs is 1. The highest BCUT2D eigenvalue weighted by molar-refractivity contribution is 5.33. The van der Waals surface area contributed by atoms with Gasteiger partial charge in [0, 0.05) is 6.04 Å². The lowest BCUT2D eigenvalue weighted by molar-refractivity contribution is 0.181. The lowest BCUT2D eigenvalue weighted by Crippen LogP contribution is -2.30. The van der Waals surface area contributed by atoms with Crippen molar-refractivity contribution in [1.82, 2.24) is 5.32 Å². The van der Waals surface area contributed by atoms with Crippen LogP contribution in [-0.2, 0) is 12.8 Å². The Morgan fingerprint density at radius 3 is 2.50 bits per heavy atom. The number of hydrogen-bond acceptors (Lipinski definition) is 2. The van der Waals surface area contributed by atoms with Crippen LogP contribution in [0.4, 0.5) is 0 Å². The molecule has 0 aliphatic heterocycles. The van der Waals surface area contributed by atoms with Crippen LogP contribution in [0, 0.1) is 0 Å². The first-order chi connectivity index (χ1) is 7.75. The molecule has 0 saturated heterocycles. The van der Waals surface area contributed by atoms with Crippen LogP contribution < -0.4 is 5.32 Å². The van der Waals surface area contributed by atoms with Gasteiger partial charge in [0.25, 0.3) is 0 Å². The van der Waals surface area contributed by atoms with Crippen molar-refractivity contribution < 1.29 is 5.11 Å². The molecular formula is C14H21NO. The SMILES string of the molecule is CC(O)CCCNC1Cc2ccccc2C1. The van der Waals surface area contributed by atoms with Crippen LogP contribution in [-0.4, -0.2) is 23.8 Å². The van der Waals surface area contributed by atoms with Gasteiger partial charge in [-0.15, -0.1) is 0 Å². The number of hydrogen-bond donors (Lipinski definition) is 2. The fourth-order valence-electron chi connectivity index (χ4n) is 2.41. The largest absolute Gasteiger partial charge is 0.393 e. The fraction of sp³-hybridized carbons (Fsp3) is 0.571. The average Bonchev–Trinajstić information content (AvgIpc) is 2.66. The molecule has 0 bridgehead atoms. The number of rotatable bonds is 5. The summed E-state index contributed by atoms with van der Waals surface area (Å²) in [5.74, 6) is 0. The summed E-state index contributed by atoms with van der Waals surface area (Å²) in [5.41, 5.74) is 2.99. The highest BCUT2D eigenvalue weighted by atomic mass is 16.3. The molecule has 1 atom stereocenters. The third kappa shape index (κ3) is 3.06. The van der Waals surface area contributed by atoms with Crippen LogP contribution in [0.3, 0.4) is 0 Å². The van der Waals surface area contributed by atoms with Gasteiger partial charge in [0.2, 0.25) is 0 Å². The molecule has 2 rings (SSSR count). The molecule has 1 unspecified atom stereocenters. The van der Waals surface area contributed by atoms with Crippen LogP contribution in [0.2, 0.25) is 0 Å². The number of aliphatic hydroxyl groups is 1. The van der Waals surface area contributed by atoms with Crippen molar-refractivity contribution in [3.63, 3.8) is 0 Å². The predicted octanol–water partition coefficient (Wildman–Crippen LogP) is 1.90. The van der Waals surface area contributed by atoms with Crippen molar-refractivity contribution in [2.45, 2.75) is 44.8 Å². The zero-order valence-corrected chi connectivity index (χ0v) is 9.95. The van der Waals surface area contributed by atoms with Gasteiger partial charge in [0.1, 0.15) is 0 Å². The number of aliphatic hydroxyl groups excluding tert-OH is 1. The van der Waals surface area contributed by atoms with Crippen LogP contribution >= 0.6 is 0 Å². The molecule has 1 aromatic carbocycles. The molecule has 0 heterocycles. The number of benzene rings is 1. The summed E-state index contributed by atoms with van der Waals surface area (Å²) in [4.78, 5) is 0. The van der Waals surface area contributed by atoms with Crippen LogP contribution in [0.5, 0.6) is 0 Å². The van der Waals surface area contributed by atoms with Gasteiger partial charge in [-0.1, -0.05) is 24.3 Å². The van der Waals surface area contributed by atoms with Crippen molar-refractivity contribution in [3.8, 4) is 0 Å². The molecular weight excluding hydrogens is 198 g/mol.